The molecule has 0 saturated carbocycles. The van der Waals surface area contributed by atoms with Crippen LogP contribution < -0.4 is 5.73 Å². The van der Waals surface area contributed by atoms with Crippen molar-refractivity contribution in [2.75, 3.05) is 6.54 Å². The molecule has 0 aliphatic rings. The predicted molar refractivity (Wildman–Crippen MR) is 59.0 cm³/mol. The van der Waals surface area contributed by atoms with E-state index in [1.807, 2.05) is 0 Å². The first-order chi connectivity index (χ1) is 7.72. The van der Waals surface area contributed by atoms with Gasteiger partial charge in [0.25, 0.3) is 0 Å². The van der Waals surface area contributed by atoms with Crippen LogP contribution in [0.4, 0.5) is 8.78 Å². The lowest BCUT2D eigenvalue weighted by atomic mass is 10.1. The molecule has 0 spiro atoms. The number of hydrogen-bond acceptors (Lipinski definition) is 2. The van der Waals surface area contributed by atoms with Gasteiger partial charge in [-0.15, -0.1) is 0 Å². The molecule has 1 aromatic carbocycles. The Morgan fingerprint density at radius 2 is 2.00 bits per heavy atom. The van der Waals surface area contributed by atoms with Crippen LogP contribution in [0, 0.1) is 11.6 Å². The van der Waals surface area contributed by atoms with Gasteiger partial charge >= 0.3 is 0 Å². The van der Waals surface area contributed by atoms with E-state index in [-0.39, 0.29) is 0 Å². The first-order valence-corrected chi connectivity index (χ1v) is 5.15. The van der Waals surface area contributed by atoms with Gasteiger partial charge in [-0.25, -0.2) is 8.78 Å². The number of nitrogens with two attached hydrogens (primary N) is 1. The van der Waals surface area contributed by atoms with Crippen molar-refractivity contribution in [1.82, 2.24) is 4.98 Å². The molecule has 2 aromatic rings. The van der Waals surface area contributed by atoms with Crippen molar-refractivity contribution >= 4 is 10.8 Å². The fraction of sp³-hybridized carbons (Fsp3) is 0.250. The highest BCUT2D eigenvalue weighted by atomic mass is 19.1. The Morgan fingerprint density at radius 3 is 2.75 bits per heavy atom. The third-order valence-corrected chi connectivity index (χ3v) is 2.49. The molecule has 0 fully saturated rings. The Bertz CT molecular complexity index is 512. The van der Waals surface area contributed by atoms with Gasteiger partial charge in [-0.3, -0.25) is 4.98 Å². The molecule has 0 unspecified atom stereocenters. The van der Waals surface area contributed by atoms with E-state index < -0.39 is 11.6 Å². The van der Waals surface area contributed by atoms with Gasteiger partial charge in [-0.2, -0.15) is 0 Å². The van der Waals surface area contributed by atoms with Crippen LogP contribution in [0.3, 0.4) is 0 Å². The molecular weight excluding hydrogens is 210 g/mol. The lowest BCUT2D eigenvalue weighted by Gasteiger charge is -2.05. The normalized spacial score (nSPS) is 10.9. The van der Waals surface area contributed by atoms with E-state index in [1.54, 1.807) is 6.07 Å². The maximum Gasteiger partial charge on any atom is 0.134 e. The summed E-state index contributed by atoms with van der Waals surface area (Å²) in [5.41, 5.74) is 6.10. The van der Waals surface area contributed by atoms with Crippen LogP contribution in [0.1, 0.15) is 12.1 Å². The fourth-order valence-corrected chi connectivity index (χ4v) is 1.73. The van der Waals surface area contributed by atoms with Gasteiger partial charge in [0.2, 0.25) is 0 Å². The zero-order chi connectivity index (χ0) is 11.5. The Morgan fingerprint density at radius 1 is 1.19 bits per heavy atom. The second-order valence-corrected chi connectivity index (χ2v) is 3.63. The van der Waals surface area contributed by atoms with E-state index in [2.05, 4.69) is 4.98 Å². The van der Waals surface area contributed by atoms with Crippen molar-refractivity contribution in [2.24, 2.45) is 5.73 Å². The first kappa shape index (κ1) is 11.0. The van der Waals surface area contributed by atoms with E-state index in [0.29, 0.717) is 29.4 Å². The molecule has 0 bridgehead atoms. The second kappa shape index (κ2) is 4.53. The highest BCUT2D eigenvalue weighted by Gasteiger charge is 2.08. The predicted octanol–water partition coefficient (Wildman–Crippen LogP) is 2.40. The minimum absolute atomic E-state index is 0.406. The summed E-state index contributed by atoms with van der Waals surface area (Å²) in [7, 11) is 0. The van der Waals surface area contributed by atoms with Gasteiger partial charge in [0.05, 0.1) is 0 Å². The highest BCUT2D eigenvalue weighted by molar-refractivity contribution is 5.85. The van der Waals surface area contributed by atoms with Gasteiger partial charge < -0.3 is 5.73 Å². The van der Waals surface area contributed by atoms with Crippen LogP contribution in [0.25, 0.3) is 10.8 Å². The quantitative estimate of drug-likeness (QED) is 0.866. The van der Waals surface area contributed by atoms with Gasteiger partial charge in [0.15, 0.2) is 0 Å². The molecule has 0 saturated heterocycles. The van der Waals surface area contributed by atoms with Gasteiger partial charge in [-0.1, -0.05) is 0 Å². The summed E-state index contributed by atoms with van der Waals surface area (Å²) in [6.45, 7) is 0.538. The monoisotopic (exact) mass is 222 g/mol. The third-order valence-electron chi connectivity index (χ3n) is 2.49. The molecule has 2 nitrogen and oxygen atoms in total. The maximum atomic E-state index is 13.5. The molecule has 1 heterocycles. The number of fused-ring (bicyclic) bond motifs is 1. The zero-order valence-electron chi connectivity index (χ0n) is 8.71. The van der Waals surface area contributed by atoms with Crippen LogP contribution >= 0.6 is 0 Å². The van der Waals surface area contributed by atoms with Crippen LogP contribution in [0.15, 0.2) is 24.4 Å². The van der Waals surface area contributed by atoms with E-state index >= 15 is 0 Å². The molecule has 0 aliphatic heterocycles. The van der Waals surface area contributed by atoms with Crippen LogP contribution in [-0.4, -0.2) is 11.5 Å². The third kappa shape index (κ3) is 2.02. The minimum Gasteiger partial charge on any atom is -0.330 e. The van der Waals surface area contributed by atoms with Gasteiger partial charge in [-0.05, 0) is 31.5 Å². The molecule has 2 rings (SSSR count). The minimum atomic E-state index is -0.577. The lowest BCUT2D eigenvalue weighted by Crippen LogP contribution is -2.02. The van der Waals surface area contributed by atoms with E-state index in [9.17, 15) is 8.78 Å². The Labute approximate surface area is 92.1 Å². The Balaban J connectivity index is 2.57. The highest BCUT2D eigenvalue weighted by Crippen LogP contribution is 2.22. The van der Waals surface area contributed by atoms with E-state index in [0.717, 1.165) is 12.5 Å². The summed E-state index contributed by atoms with van der Waals surface area (Å²) in [6.07, 6.45) is 2.93. The molecule has 84 valence electrons. The topological polar surface area (TPSA) is 38.9 Å². The Hall–Kier alpha value is -1.55. The summed E-state index contributed by atoms with van der Waals surface area (Å²) in [6, 6.07) is 3.75. The first-order valence-electron chi connectivity index (χ1n) is 5.15. The average molecular weight is 222 g/mol. The van der Waals surface area contributed by atoms with Crippen molar-refractivity contribution in [3.8, 4) is 0 Å². The molecule has 0 amide bonds. The molecular formula is C12H12F2N2. The van der Waals surface area contributed by atoms with Crippen LogP contribution in [0.5, 0.6) is 0 Å². The number of benzene rings is 1. The summed E-state index contributed by atoms with van der Waals surface area (Å²) in [4.78, 5) is 4.14. The number of nitrogens with zero attached hydrogens (tertiary/aromatic N) is 1. The average Bonchev–Trinajstić information content (AvgIpc) is 2.26. The maximum absolute atomic E-state index is 13.5. The van der Waals surface area contributed by atoms with Crippen molar-refractivity contribution in [1.29, 1.82) is 0 Å². The van der Waals surface area contributed by atoms with Gasteiger partial charge in [0, 0.05) is 28.7 Å². The summed E-state index contributed by atoms with van der Waals surface area (Å²) in [5.74, 6) is -1.13. The van der Waals surface area contributed by atoms with Crippen molar-refractivity contribution < 1.29 is 8.78 Å². The molecule has 16 heavy (non-hydrogen) atoms. The number of rotatable bonds is 3. The molecule has 0 radical (unpaired) electrons. The smallest absolute Gasteiger partial charge is 0.134 e. The van der Waals surface area contributed by atoms with Crippen LogP contribution in [0.2, 0.25) is 0 Å². The fourth-order valence-electron chi connectivity index (χ4n) is 1.73. The number of aryl methyl sites for hydroxylation is 1. The summed E-state index contributed by atoms with van der Waals surface area (Å²) in [5, 5.41) is 0.942. The lowest BCUT2D eigenvalue weighted by molar-refractivity contribution is 0.591. The van der Waals surface area contributed by atoms with E-state index in [4.69, 9.17) is 5.73 Å². The number of pyridine rings is 1. The zero-order valence-corrected chi connectivity index (χ0v) is 8.71. The molecule has 0 aliphatic carbocycles. The van der Waals surface area contributed by atoms with Crippen molar-refractivity contribution in [3.05, 3.63) is 41.7 Å². The molecule has 0 atom stereocenters. The molecule has 4 heteroatoms. The number of aromatic nitrogens is 1. The summed E-state index contributed by atoms with van der Waals surface area (Å²) >= 11 is 0. The second-order valence-electron chi connectivity index (χ2n) is 3.63. The largest absolute Gasteiger partial charge is 0.330 e. The molecule has 1 aromatic heterocycles. The van der Waals surface area contributed by atoms with Crippen molar-refractivity contribution in [3.63, 3.8) is 0 Å². The standard InChI is InChI=1S/C12H12F2N2/c13-8-6-10-9(11(14)7-8)3-5-16-12(10)2-1-4-15/h3,5-7H,1-2,4,15H2. The van der Waals surface area contributed by atoms with Crippen LogP contribution in [-0.2, 0) is 6.42 Å². The number of hydrogen-bond donors (Lipinski definition) is 1. The SMILES string of the molecule is NCCCc1nccc2c(F)cc(F)cc12. The molecule has 2 N–H and O–H groups in total. The van der Waals surface area contributed by atoms with Crippen molar-refractivity contribution in [2.45, 2.75) is 12.8 Å². The Kier molecular flexibility index (Phi) is 3.10. The summed E-state index contributed by atoms with van der Waals surface area (Å²) < 4.78 is 26.6. The van der Waals surface area contributed by atoms with Gasteiger partial charge in [0.1, 0.15) is 11.6 Å². The number of halogens is 2. The van der Waals surface area contributed by atoms with E-state index in [1.165, 1.54) is 12.3 Å².